The van der Waals surface area contributed by atoms with Crippen LogP contribution in [-0.2, 0) is 16.0 Å². The van der Waals surface area contributed by atoms with Crippen LogP contribution in [0.4, 0.5) is 0 Å². The first-order valence-corrected chi connectivity index (χ1v) is 5.68. The maximum atomic E-state index is 11.7. The molecule has 0 aromatic heterocycles. The monoisotopic (exact) mass is 267 g/mol. The quantitative estimate of drug-likeness (QED) is 0.415. The number of phenolic OH excluding ortho intramolecular Hbond substituents is 1. The second-order valence-corrected chi connectivity index (χ2v) is 4.12. The van der Waals surface area contributed by atoms with E-state index in [0.29, 0.717) is 0 Å². The maximum absolute atomic E-state index is 11.7. The lowest BCUT2D eigenvalue weighted by Crippen LogP contribution is -2.52. The number of carbonyl (C=O) groups excluding carboxylic acids is 2. The minimum absolute atomic E-state index is 0.121. The molecule has 0 spiro atoms. The van der Waals surface area contributed by atoms with E-state index in [1.807, 2.05) is 0 Å². The fourth-order valence-corrected chi connectivity index (χ4v) is 1.46. The van der Waals surface area contributed by atoms with Gasteiger partial charge < -0.3 is 27.0 Å². The molecule has 104 valence electrons. The van der Waals surface area contributed by atoms with Gasteiger partial charge in [0.2, 0.25) is 11.8 Å². The molecule has 1 aromatic carbocycles. The molecule has 0 heterocycles. The SMILES string of the molecule is NC(=O)C(CO)NC(=O)C(N)Cc1ccc(O)cc1. The average Bonchev–Trinajstić information content (AvgIpc) is 2.37. The first kappa shape index (κ1) is 14.9. The third kappa shape index (κ3) is 4.57. The van der Waals surface area contributed by atoms with Crippen molar-refractivity contribution in [2.45, 2.75) is 18.5 Å². The van der Waals surface area contributed by atoms with Gasteiger partial charge in [-0.05, 0) is 24.1 Å². The van der Waals surface area contributed by atoms with E-state index in [0.717, 1.165) is 5.56 Å². The molecule has 1 aromatic rings. The Morgan fingerprint density at radius 2 is 1.84 bits per heavy atom. The zero-order valence-electron chi connectivity index (χ0n) is 10.2. The molecule has 7 N–H and O–H groups in total. The summed E-state index contributed by atoms with van der Waals surface area (Å²) < 4.78 is 0. The average molecular weight is 267 g/mol. The summed E-state index contributed by atoms with van der Waals surface area (Å²) in [6.45, 7) is -0.576. The Labute approximate surface area is 110 Å². The number of aliphatic hydroxyl groups excluding tert-OH is 1. The van der Waals surface area contributed by atoms with E-state index in [1.54, 1.807) is 12.1 Å². The summed E-state index contributed by atoms with van der Waals surface area (Å²) in [5.41, 5.74) is 11.4. The molecule has 2 unspecified atom stereocenters. The summed E-state index contributed by atoms with van der Waals surface area (Å²) in [7, 11) is 0. The number of primary amides is 1. The van der Waals surface area contributed by atoms with Gasteiger partial charge >= 0.3 is 0 Å². The first-order valence-electron chi connectivity index (χ1n) is 5.68. The van der Waals surface area contributed by atoms with Crippen LogP contribution in [0.2, 0.25) is 0 Å². The van der Waals surface area contributed by atoms with E-state index in [2.05, 4.69) is 5.32 Å². The van der Waals surface area contributed by atoms with Crippen molar-refractivity contribution in [2.75, 3.05) is 6.61 Å². The third-order valence-corrected chi connectivity index (χ3v) is 2.57. The van der Waals surface area contributed by atoms with Crippen LogP contribution < -0.4 is 16.8 Å². The molecule has 0 aliphatic carbocycles. The molecule has 0 fully saturated rings. The van der Waals surface area contributed by atoms with E-state index in [4.69, 9.17) is 21.7 Å². The zero-order chi connectivity index (χ0) is 14.4. The van der Waals surface area contributed by atoms with Crippen molar-refractivity contribution in [3.63, 3.8) is 0 Å². The van der Waals surface area contributed by atoms with E-state index >= 15 is 0 Å². The fourth-order valence-electron chi connectivity index (χ4n) is 1.46. The number of carbonyl (C=O) groups is 2. The fraction of sp³-hybridized carbons (Fsp3) is 0.333. The van der Waals surface area contributed by atoms with Crippen molar-refractivity contribution in [1.82, 2.24) is 5.32 Å². The molecule has 0 saturated heterocycles. The van der Waals surface area contributed by atoms with Crippen LogP contribution in [0.25, 0.3) is 0 Å². The molecule has 2 amide bonds. The van der Waals surface area contributed by atoms with Gasteiger partial charge in [0.15, 0.2) is 0 Å². The number of benzene rings is 1. The van der Waals surface area contributed by atoms with Crippen molar-refractivity contribution in [3.05, 3.63) is 29.8 Å². The maximum Gasteiger partial charge on any atom is 0.242 e. The highest BCUT2D eigenvalue weighted by Crippen LogP contribution is 2.10. The zero-order valence-corrected chi connectivity index (χ0v) is 10.2. The molecule has 19 heavy (non-hydrogen) atoms. The van der Waals surface area contributed by atoms with Gasteiger partial charge in [-0.1, -0.05) is 12.1 Å². The number of aromatic hydroxyl groups is 1. The van der Waals surface area contributed by atoms with Crippen LogP contribution in [0, 0.1) is 0 Å². The number of rotatable bonds is 6. The molecular formula is C12H17N3O4. The second-order valence-electron chi connectivity index (χ2n) is 4.12. The third-order valence-electron chi connectivity index (χ3n) is 2.57. The Balaban J connectivity index is 2.57. The van der Waals surface area contributed by atoms with Gasteiger partial charge in [-0.3, -0.25) is 9.59 Å². The molecule has 1 rings (SSSR count). The van der Waals surface area contributed by atoms with Gasteiger partial charge in [0, 0.05) is 0 Å². The number of aliphatic hydroxyl groups is 1. The van der Waals surface area contributed by atoms with Gasteiger partial charge in [0.1, 0.15) is 11.8 Å². The number of nitrogens with two attached hydrogens (primary N) is 2. The highest BCUT2D eigenvalue weighted by Gasteiger charge is 2.21. The normalized spacial score (nSPS) is 13.6. The number of hydrogen-bond acceptors (Lipinski definition) is 5. The number of amides is 2. The van der Waals surface area contributed by atoms with E-state index in [1.165, 1.54) is 12.1 Å². The standard InChI is InChI=1S/C12H17N3O4/c13-9(5-7-1-3-8(17)4-2-7)12(19)15-10(6-16)11(14)18/h1-4,9-10,16-17H,5-6,13H2,(H2,14,18)(H,15,19). The van der Waals surface area contributed by atoms with Crippen molar-refractivity contribution in [2.24, 2.45) is 11.5 Å². The minimum atomic E-state index is -1.14. The van der Waals surface area contributed by atoms with Crippen molar-refractivity contribution >= 4 is 11.8 Å². The first-order chi connectivity index (χ1) is 8.93. The molecule has 0 saturated carbocycles. The lowest BCUT2D eigenvalue weighted by atomic mass is 10.1. The summed E-state index contributed by atoms with van der Waals surface area (Å²) in [6, 6.07) is 4.23. The topological polar surface area (TPSA) is 139 Å². The van der Waals surface area contributed by atoms with E-state index < -0.39 is 30.5 Å². The van der Waals surface area contributed by atoms with Crippen LogP contribution >= 0.6 is 0 Å². The van der Waals surface area contributed by atoms with E-state index in [-0.39, 0.29) is 12.2 Å². The Kier molecular flexibility index (Phi) is 5.28. The Morgan fingerprint density at radius 3 is 2.32 bits per heavy atom. The smallest absolute Gasteiger partial charge is 0.242 e. The molecular weight excluding hydrogens is 250 g/mol. The van der Waals surface area contributed by atoms with Gasteiger partial charge in [-0.25, -0.2) is 0 Å². The Bertz CT molecular complexity index is 447. The van der Waals surface area contributed by atoms with Crippen LogP contribution in [0.3, 0.4) is 0 Å². The van der Waals surface area contributed by atoms with Gasteiger partial charge in [-0.15, -0.1) is 0 Å². The number of nitrogens with one attached hydrogen (secondary N) is 1. The lowest BCUT2D eigenvalue weighted by Gasteiger charge is -2.16. The van der Waals surface area contributed by atoms with Gasteiger partial charge in [-0.2, -0.15) is 0 Å². The molecule has 0 aliphatic heterocycles. The van der Waals surface area contributed by atoms with Crippen LogP contribution in [0.15, 0.2) is 24.3 Å². The largest absolute Gasteiger partial charge is 0.508 e. The summed E-state index contributed by atoms with van der Waals surface area (Å²) in [6.07, 6.45) is 0.239. The summed E-state index contributed by atoms with van der Waals surface area (Å²) >= 11 is 0. The predicted molar refractivity (Wildman–Crippen MR) is 68.0 cm³/mol. The highest BCUT2D eigenvalue weighted by atomic mass is 16.3. The molecule has 7 nitrogen and oxygen atoms in total. The highest BCUT2D eigenvalue weighted by molar-refractivity contribution is 5.89. The number of hydrogen-bond donors (Lipinski definition) is 5. The van der Waals surface area contributed by atoms with Crippen LogP contribution in [0.1, 0.15) is 5.56 Å². The van der Waals surface area contributed by atoms with E-state index in [9.17, 15) is 9.59 Å². The summed E-state index contributed by atoms with van der Waals surface area (Å²) in [5, 5.41) is 20.2. The van der Waals surface area contributed by atoms with Crippen molar-refractivity contribution < 1.29 is 19.8 Å². The lowest BCUT2D eigenvalue weighted by molar-refractivity contribution is -0.128. The van der Waals surface area contributed by atoms with Gasteiger partial charge in [0.05, 0.1) is 12.6 Å². The Morgan fingerprint density at radius 1 is 1.26 bits per heavy atom. The Hall–Kier alpha value is -2.12. The second kappa shape index (κ2) is 6.72. The molecule has 0 aliphatic rings. The molecule has 0 bridgehead atoms. The molecule has 0 radical (unpaired) electrons. The van der Waals surface area contributed by atoms with Crippen LogP contribution in [0.5, 0.6) is 5.75 Å². The van der Waals surface area contributed by atoms with Crippen molar-refractivity contribution in [3.8, 4) is 5.75 Å². The number of phenols is 1. The summed E-state index contributed by atoms with van der Waals surface area (Å²) in [4.78, 5) is 22.5. The summed E-state index contributed by atoms with van der Waals surface area (Å²) in [5.74, 6) is -1.28. The van der Waals surface area contributed by atoms with Crippen LogP contribution in [-0.4, -0.2) is 40.7 Å². The van der Waals surface area contributed by atoms with Gasteiger partial charge in [0.25, 0.3) is 0 Å². The predicted octanol–water partition coefficient (Wildman–Crippen LogP) is -1.78. The molecule has 2 atom stereocenters. The van der Waals surface area contributed by atoms with Crippen molar-refractivity contribution in [1.29, 1.82) is 0 Å². The minimum Gasteiger partial charge on any atom is -0.508 e. The molecule has 7 heteroatoms.